The van der Waals surface area contributed by atoms with E-state index in [1.54, 1.807) is 17.4 Å². The van der Waals surface area contributed by atoms with Gasteiger partial charge >= 0.3 is 0 Å². The van der Waals surface area contributed by atoms with E-state index in [1.807, 2.05) is 30.3 Å². The molecule has 36 heavy (non-hydrogen) atoms. The molecule has 0 aliphatic rings. The average molecular weight is 511 g/mol. The Kier molecular flexibility index (Phi) is 11.0. The minimum absolute atomic E-state index is 0.0461. The van der Waals surface area contributed by atoms with E-state index in [-0.39, 0.29) is 5.84 Å². The van der Waals surface area contributed by atoms with Crippen LogP contribution in [0, 0.1) is 12.8 Å². The Balaban J connectivity index is 1.39. The molecule has 194 valence electrons. The van der Waals surface area contributed by atoms with Crippen molar-refractivity contribution in [3.63, 3.8) is 0 Å². The van der Waals surface area contributed by atoms with E-state index in [0.29, 0.717) is 30.4 Å². The minimum Gasteiger partial charge on any atom is -0.494 e. The topological polar surface area (TPSA) is 102 Å². The van der Waals surface area contributed by atoms with Gasteiger partial charge in [-0.1, -0.05) is 31.1 Å². The number of amidine groups is 1. The van der Waals surface area contributed by atoms with Crippen molar-refractivity contribution in [3.05, 3.63) is 64.0 Å². The van der Waals surface area contributed by atoms with Crippen molar-refractivity contribution in [1.29, 1.82) is 0 Å². The van der Waals surface area contributed by atoms with E-state index in [2.05, 4.69) is 43.4 Å². The van der Waals surface area contributed by atoms with Crippen LogP contribution in [0.4, 0.5) is 0 Å². The van der Waals surface area contributed by atoms with Crippen LogP contribution in [0.5, 0.6) is 11.5 Å². The van der Waals surface area contributed by atoms with Crippen molar-refractivity contribution in [2.45, 2.75) is 46.5 Å². The van der Waals surface area contributed by atoms with Crippen LogP contribution in [0.2, 0.25) is 0 Å². The highest BCUT2D eigenvalue weighted by molar-refractivity contribution is 7.12. The van der Waals surface area contributed by atoms with Crippen LogP contribution in [0.15, 0.2) is 53.7 Å². The second kappa shape index (κ2) is 14.5. The fraction of sp³-hybridized carbons (Fsp3) is 0.429. The monoisotopic (exact) mass is 510 g/mol. The molecule has 3 rings (SSSR count). The summed E-state index contributed by atoms with van der Waals surface area (Å²) in [6.45, 7) is 9.74. The smallest absolute Gasteiger partial charge is 0.173 e. The number of rotatable bonds is 15. The molecule has 3 aromatic rings. The van der Waals surface area contributed by atoms with Gasteiger partial charge in [0.15, 0.2) is 5.84 Å². The Morgan fingerprint density at radius 3 is 2.50 bits per heavy atom. The third kappa shape index (κ3) is 8.53. The second-order valence-corrected chi connectivity index (χ2v) is 10.4. The lowest BCUT2D eigenvalue weighted by Gasteiger charge is -2.11. The Hall–Kier alpha value is -3.10. The molecule has 0 aliphatic carbocycles. The summed E-state index contributed by atoms with van der Waals surface area (Å²) >= 11 is 1.78. The number of hydrogen-bond donors (Lipinski definition) is 3. The molecule has 0 unspecified atom stereocenters. The maximum atomic E-state index is 8.90. The van der Waals surface area contributed by atoms with E-state index < -0.39 is 0 Å². The molecule has 0 aliphatic heterocycles. The zero-order valence-corrected chi connectivity index (χ0v) is 22.3. The summed E-state index contributed by atoms with van der Waals surface area (Å²) < 4.78 is 11.7. The van der Waals surface area contributed by atoms with Gasteiger partial charge < -0.3 is 25.7 Å². The molecule has 0 saturated heterocycles. The molecule has 7 nitrogen and oxygen atoms in total. The molecule has 0 amide bonds. The number of aromatic nitrogens is 1. The van der Waals surface area contributed by atoms with Crippen LogP contribution in [0.25, 0.3) is 11.3 Å². The first kappa shape index (κ1) is 27.5. The Bertz CT molecular complexity index is 1100. The normalized spacial score (nSPS) is 11.7. The van der Waals surface area contributed by atoms with Gasteiger partial charge in [-0.3, -0.25) is 0 Å². The molecular formula is C28H38N4O3S. The Morgan fingerprint density at radius 2 is 1.78 bits per heavy atom. The van der Waals surface area contributed by atoms with Gasteiger partial charge in [-0.15, -0.1) is 11.3 Å². The van der Waals surface area contributed by atoms with E-state index >= 15 is 0 Å². The average Bonchev–Trinajstić information content (AvgIpc) is 3.26. The predicted molar refractivity (Wildman–Crippen MR) is 147 cm³/mol. The lowest BCUT2D eigenvalue weighted by molar-refractivity contribution is 0.279. The molecule has 2 aromatic carbocycles. The molecule has 0 radical (unpaired) electrons. The van der Waals surface area contributed by atoms with Crippen LogP contribution in [0.1, 0.15) is 48.6 Å². The summed E-state index contributed by atoms with van der Waals surface area (Å²) in [7, 11) is 0. The number of nitrogens with two attached hydrogens (primary N) is 1. The highest BCUT2D eigenvalue weighted by atomic mass is 32.1. The zero-order chi connectivity index (χ0) is 25.8. The van der Waals surface area contributed by atoms with Gasteiger partial charge in [0.1, 0.15) is 11.5 Å². The van der Waals surface area contributed by atoms with Gasteiger partial charge in [0.05, 0.1) is 29.5 Å². The van der Waals surface area contributed by atoms with Crippen molar-refractivity contribution in [2.24, 2.45) is 16.8 Å². The van der Waals surface area contributed by atoms with E-state index in [9.17, 15) is 0 Å². The maximum Gasteiger partial charge on any atom is 0.173 e. The van der Waals surface area contributed by atoms with Crippen LogP contribution in [-0.4, -0.2) is 42.3 Å². The first-order chi connectivity index (χ1) is 17.5. The molecule has 0 bridgehead atoms. The summed E-state index contributed by atoms with van der Waals surface area (Å²) in [5.41, 5.74) is 8.52. The maximum absolute atomic E-state index is 8.90. The summed E-state index contributed by atoms with van der Waals surface area (Å²) in [5, 5.41) is 16.6. The van der Waals surface area contributed by atoms with Gasteiger partial charge in [0.2, 0.25) is 0 Å². The minimum atomic E-state index is 0.0461. The quantitative estimate of drug-likeness (QED) is 0.0805. The SMILES string of the molecule is Cc1nc(-c2ccc(OCCCCCOc3ccccc3/C(N)=N/O)cc2)c(CCNCC(C)C)s1. The number of benzene rings is 2. The number of nitrogens with zero attached hydrogens (tertiary/aromatic N) is 2. The third-order valence-corrected chi connectivity index (χ3v) is 6.63. The van der Waals surface area contributed by atoms with Gasteiger partial charge in [-0.2, -0.15) is 0 Å². The van der Waals surface area contributed by atoms with Crippen molar-refractivity contribution >= 4 is 17.2 Å². The number of unbranched alkanes of at least 4 members (excludes halogenated alkanes) is 2. The van der Waals surface area contributed by atoms with Gasteiger partial charge in [-0.25, -0.2) is 4.98 Å². The first-order valence-electron chi connectivity index (χ1n) is 12.6. The van der Waals surface area contributed by atoms with Crippen LogP contribution in [-0.2, 0) is 6.42 Å². The molecule has 8 heteroatoms. The highest BCUT2D eigenvalue weighted by Crippen LogP contribution is 2.29. The number of oxime groups is 1. The summed E-state index contributed by atoms with van der Waals surface area (Å²) in [5.74, 6) is 2.19. The fourth-order valence-electron chi connectivity index (χ4n) is 3.78. The number of thiazole rings is 1. The van der Waals surface area contributed by atoms with Crippen LogP contribution < -0.4 is 20.5 Å². The second-order valence-electron chi connectivity index (χ2n) is 9.12. The largest absolute Gasteiger partial charge is 0.494 e. The van der Waals surface area contributed by atoms with E-state index in [0.717, 1.165) is 60.8 Å². The summed E-state index contributed by atoms with van der Waals surface area (Å²) in [6.07, 6.45) is 3.80. The van der Waals surface area contributed by atoms with Gasteiger partial charge in [0, 0.05) is 17.0 Å². The fourth-order valence-corrected chi connectivity index (χ4v) is 4.73. The van der Waals surface area contributed by atoms with Crippen molar-refractivity contribution in [1.82, 2.24) is 10.3 Å². The van der Waals surface area contributed by atoms with Gasteiger partial charge in [-0.05, 0) is 81.5 Å². The van der Waals surface area contributed by atoms with Gasteiger partial charge in [0.25, 0.3) is 0 Å². The third-order valence-electron chi connectivity index (χ3n) is 5.60. The van der Waals surface area contributed by atoms with Crippen LogP contribution >= 0.6 is 11.3 Å². The summed E-state index contributed by atoms with van der Waals surface area (Å²) in [4.78, 5) is 6.11. The number of hydrogen-bond acceptors (Lipinski definition) is 7. The summed E-state index contributed by atoms with van der Waals surface area (Å²) in [6, 6.07) is 15.5. The van der Waals surface area contributed by atoms with Crippen molar-refractivity contribution in [3.8, 4) is 22.8 Å². The predicted octanol–water partition coefficient (Wildman–Crippen LogP) is 5.63. The molecular weight excluding hydrogens is 472 g/mol. The lowest BCUT2D eigenvalue weighted by atomic mass is 10.1. The Labute approximate surface area is 218 Å². The van der Waals surface area contributed by atoms with E-state index in [1.165, 1.54) is 4.88 Å². The molecule has 0 spiro atoms. The number of nitrogens with one attached hydrogen (secondary N) is 1. The lowest BCUT2D eigenvalue weighted by Crippen LogP contribution is -2.22. The zero-order valence-electron chi connectivity index (χ0n) is 21.5. The standard InChI is InChI=1S/C28H38N4O3S/c1-20(2)19-30-16-15-26-27(31-21(3)36-26)22-11-13-23(14-12-22)34-17-7-4-8-18-35-25-10-6-5-9-24(25)28(29)32-33/h5-6,9-14,20,30,33H,4,7-8,15-19H2,1-3H3,(H2,29,32). The molecule has 1 aromatic heterocycles. The number of aryl methyl sites for hydroxylation is 1. The molecule has 0 saturated carbocycles. The first-order valence-corrected chi connectivity index (χ1v) is 13.4. The molecule has 4 N–H and O–H groups in total. The Morgan fingerprint density at radius 1 is 1.06 bits per heavy atom. The van der Waals surface area contributed by atoms with Crippen molar-refractivity contribution < 1.29 is 14.7 Å². The number of para-hydroxylation sites is 1. The van der Waals surface area contributed by atoms with Crippen LogP contribution in [0.3, 0.4) is 0 Å². The van der Waals surface area contributed by atoms with Crippen molar-refractivity contribution in [2.75, 3.05) is 26.3 Å². The molecule has 0 fully saturated rings. The molecule has 1 heterocycles. The highest BCUT2D eigenvalue weighted by Gasteiger charge is 2.12. The molecule has 0 atom stereocenters. The number of ether oxygens (including phenoxy) is 2. The van der Waals surface area contributed by atoms with E-state index in [4.69, 9.17) is 25.4 Å².